The lowest BCUT2D eigenvalue weighted by Crippen LogP contribution is -2.31. The summed E-state index contributed by atoms with van der Waals surface area (Å²) >= 11 is 3.25. The summed E-state index contributed by atoms with van der Waals surface area (Å²) in [6, 6.07) is 3.01. The van der Waals surface area contributed by atoms with Gasteiger partial charge in [-0.25, -0.2) is 0 Å². The first kappa shape index (κ1) is 15.7. The first-order chi connectivity index (χ1) is 6.86. The molecule has 0 amide bonds. The SMILES string of the molecule is CN[C@@H](c1ccc(Br)c(C)c1)C(F)(F)F.Cl. The maximum atomic E-state index is 12.6. The fourth-order valence-electron chi connectivity index (χ4n) is 1.37. The van der Waals surface area contributed by atoms with Crippen LogP contribution in [0.25, 0.3) is 0 Å². The lowest BCUT2D eigenvalue weighted by molar-refractivity contribution is -0.156. The first-order valence-electron chi connectivity index (χ1n) is 4.36. The molecule has 1 aromatic rings. The van der Waals surface area contributed by atoms with Crippen molar-refractivity contribution in [1.29, 1.82) is 0 Å². The van der Waals surface area contributed by atoms with Gasteiger partial charge in [0, 0.05) is 4.47 Å². The zero-order chi connectivity index (χ0) is 11.6. The van der Waals surface area contributed by atoms with E-state index in [1.54, 1.807) is 13.0 Å². The van der Waals surface area contributed by atoms with Gasteiger partial charge in [0.15, 0.2) is 0 Å². The van der Waals surface area contributed by atoms with E-state index >= 15 is 0 Å². The second-order valence-electron chi connectivity index (χ2n) is 3.27. The van der Waals surface area contributed by atoms with Crippen LogP contribution in [0.4, 0.5) is 13.2 Å². The smallest absolute Gasteiger partial charge is 0.306 e. The van der Waals surface area contributed by atoms with Gasteiger partial charge < -0.3 is 5.32 Å². The molecule has 0 bridgehead atoms. The second-order valence-corrected chi connectivity index (χ2v) is 4.13. The van der Waals surface area contributed by atoms with Gasteiger partial charge in [-0.1, -0.05) is 28.1 Å². The van der Waals surface area contributed by atoms with Crippen molar-refractivity contribution in [2.24, 2.45) is 0 Å². The molecule has 1 atom stereocenters. The summed E-state index contributed by atoms with van der Waals surface area (Å²) in [6.07, 6.45) is -4.27. The summed E-state index contributed by atoms with van der Waals surface area (Å²) in [7, 11) is 1.30. The minimum atomic E-state index is -4.27. The third-order valence-corrected chi connectivity index (χ3v) is 3.02. The van der Waals surface area contributed by atoms with Crippen molar-refractivity contribution in [2.75, 3.05) is 7.05 Å². The number of benzene rings is 1. The van der Waals surface area contributed by atoms with Crippen molar-refractivity contribution in [1.82, 2.24) is 5.32 Å². The predicted octanol–water partition coefficient (Wildman–Crippen LogP) is 4.00. The molecule has 1 rings (SSSR count). The fourth-order valence-corrected chi connectivity index (χ4v) is 1.61. The summed E-state index contributed by atoms with van der Waals surface area (Å²) in [6.45, 7) is 1.76. The summed E-state index contributed by atoms with van der Waals surface area (Å²) in [5.41, 5.74) is 1.02. The van der Waals surface area contributed by atoms with Gasteiger partial charge in [0.1, 0.15) is 6.04 Å². The van der Waals surface area contributed by atoms with E-state index in [0.717, 1.165) is 10.0 Å². The fraction of sp³-hybridized carbons (Fsp3) is 0.400. The van der Waals surface area contributed by atoms with E-state index in [9.17, 15) is 13.2 Å². The van der Waals surface area contributed by atoms with Gasteiger partial charge >= 0.3 is 6.18 Å². The van der Waals surface area contributed by atoms with E-state index in [2.05, 4.69) is 21.2 Å². The number of nitrogens with one attached hydrogen (secondary N) is 1. The maximum Gasteiger partial charge on any atom is 0.407 e. The highest BCUT2D eigenvalue weighted by Crippen LogP contribution is 2.33. The number of halogens is 5. The van der Waals surface area contributed by atoms with E-state index in [4.69, 9.17) is 0 Å². The Morgan fingerprint density at radius 3 is 2.25 bits per heavy atom. The van der Waals surface area contributed by atoms with Crippen LogP contribution >= 0.6 is 28.3 Å². The van der Waals surface area contributed by atoms with Crippen LogP contribution in [-0.4, -0.2) is 13.2 Å². The Hall–Kier alpha value is -0.260. The first-order valence-corrected chi connectivity index (χ1v) is 5.15. The molecule has 16 heavy (non-hydrogen) atoms. The topological polar surface area (TPSA) is 12.0 Å². The van der Waals surface area contributed by atoms with E-state index < -0.39 is 12.2 Å². The predicted molar refractivity (Wildman–Crippen MR) is 64.0 cm³/mol. The highest BCUT2D eigenvalue weighted by atomic mass is 79.9. The molecule has 6 heteroatoms. The highest BCUT2D eigenvalue weighted by Gasteiger charge is 2.39. The third-order valence-electron chi connectivity index (χ3n) is 2.13. The number of rotatable bonds is 2. The van der Waals surface area contributed by atoms with Crippen molar-refractivity contribution in [3.05, 3.63) is 33.8 Å². The molecule has 0 saturated carbocycles. The summed E-state index contributed by atoms with van der Waals surface area (Å²) in [5.74, 6) is 0. The van der Waals surface area contributed by atoms with Crippen LogP contribution in [0.3, 0.4) is 0 Å². The van der Waals surface area contributed by atoms with Gasteiger partial charge in [-0.2, -0.15) is 13.2 Å². The zero-order valence-corrected chi connectivity index (χ0v) is 11.1. The maximum absolute atomic E-state index is 12.6. The molecule has 0 heterocycles. The molecule has 0 aromatic heterocycles. The second kappa shape index (κ2) is 5.89. The van der Waals surface area contributed by atoms with Gasteiger partial charge in [0.25, 0.3) is 0 Å². The van der Waals surface area contributed by atoms with Gasteiger partial charge in [-0.05, 0) is 31.2 Å². The summed E-state index contributed by atoms with van der Waals surface area (Å²) in [5, 5.41) is 2.26. The van der Waals surface area contributed by atoms with Crippen LogP contribution in [0.15, 0.2) is 22.7 Å². The molecule has 0 unspecified atom stereocenters. The Labute approximate surface area is 107 Å². The molecule has 1 N–H and O–H groups in total. The monoisotopic (exact) mass is 317 g/mol. The van der Waals surface area contributed by atoms with E-state index in [1.165, 1.54) is 19.2 Å². The molecule has 0 radical (unpaired) electrons. The molecule has 1 nitrogen and oxygen atoms in total. The molecule has 0 aliphatic heterocycles. The van der Waals surface area contributed by atoms with Crippen LogP contribution in [0.1, 0.15) is 17.2 Å². The molecule has 0 aliphatic carbocycles. The number of aryl methyl sites for hydroxylation is 1. The largest absolute Gasteiger partial charge is 0.407 e. The summed E-state index contributed by atoms with van der Waals surface area (Å²) in [4.78, 5) is 0. The highest BCUT2D eigenvalue weighted by molar-refractivity contribution is 9.10. The Kier molecular flexibility index (Phi) is 5.79. The van der Waals surface area contributed by atoms with Gasteiger partial charge in [0.2, 0.25) is 0 Å². The normalized spacial score (nSPS) is 13.1. The van der Waals surface area contributed by atoms with Crippen molar-refractivity contribution in [3.8, 4) is 0 Å². The standard InChI is InChI=1S/C10H11BrF3N.ClH/c1-6-5-7(3-4-8(6)11)9(15-2)10(12,13)14;/h3-5,9,15H,1-2H3;1H/t9-;/m0./s1. The number of hydrogen-bond donors (Lipinski definition) is 1. The van der Waals surface area contributed by atoms with E-state index in [-0.39, 0.29) is 18.0 Å². The van der Waals surface area contributed by atoms with E-state index in [1.807, 2.05) is 0 Å². The van der Waals surface area contributed by atoms with Crippen LogP contribution in [0, 0.1) is 6.92 Å². The van der Waals surface area contributed by atoms with Gasteiger partial charge in [0.05, 0.1) is 0 Å². The zero-order valence-electron chi connectivity index (χ0n) is 8.73. The molecule has 0 spiro atoms. The van der Waals surface area contributed by atoms with Crippen molar-refractivity contribution >= 4 is 28.3 Å². The Morgan fingerprint density at radius 2 is 1.88 bits per heavy atom. The summed E-state index contributed by atoms with van der Waals surface area (Å²) < 4.78 is 38.5. The molecule has 0 saturated heterocycles. The Morgan fingerprint density at radius 1 is 1.31 bits per heavy atom. The average Bonchev–Trinajstić information content (AvgIpc) is 2.10. The van der Waals surface area contributed by atoms with Gasteiger partial charge in [-0.15, -0.1) is 12.4 Å². The molecular formula is C10H12BrClF3N. The van der Waals surface area contributed by atoms with Crippen LogP contribution < -0.4 is 5.32 Å². The van der Waals surface area contributed by atoms with Crippen molar-refractivity contribution in [2.45, 2.75) is 19.1 Å². The lowest BCUT2D eigenvalue weighted by atomic mass is 10.0. The molecule has 0 fully saturated rings. The lowest BCUT2D eigenvalue weighted by Gasteiger charge is -2.20. The molecule has 0 aliphatic rings. The quantitative estimate of drug-likeness (QED) is 0.869. The minimum absolute atomic E-state index is 0. The third kappa shape index (κ3) is 3.64. The molecule has 92 valence electrons. The van der Waals surface area contributed by atoms with Gasteiger partial charge in [-0.3, -0.25) is 0 Å². The molecular weight excluding hydrogens is 306 g/mol. The van der Waals surface area contributed by atoms with Crippen LogP contribution in [0.5, 0.6) is 0 Å². The number of alkyl halides is 3. The number of hydrogen-bond acceptors (Lipinski definition) is 1. The van der Waals surface area contributed by atoms with Crippen molar-refractivity contribution < 1.29 is 13.2 Å². The van der Waals surface area contributed by atoms with E-state index in [0.29, 0.717) is 0 Å². The Bertz CT molecular complexity index is 354. The van der Waals surface area contributed by atoms with Crippen LogP contribution in [-0.2, 0) is 0 Å². The average molecular weight is 319 g/mol. The molecule has 1 aromatic carbocycles. The van der Waals surface area contributed by atoms with Crippen molar-refractivity contribution in [3.63, 3.8) is 0 Å². The van der Waals surface area contributed by atoms with Crippen LogP contribution in [0.2, 0.25) is 0 Å². The minimum Gasteiger partial charge on any atom is -0.306 e. The Balaban J connectivity index is 0.00000225.